The largest absolute Gasteiger partial charge is 0.492 e. The third-order valence-electron chi connectivity index (χ3n) is 3.60. The van der Waals surface area contributed by atoms with Gasteiger partial charge in [-0.25, -0.2) is 0 Å². The van der Waals surface area contributed by atoms with E-state index in [9.17, 15) is 0 Å². The highest BCUT2D eigenvalue weighted by Gasteiger charge is 2.21. The Morgan fingerprint density at radius 1 is 1.39 bits per heavy atom. The summed E-state index contributed by atoms with van der Waals surface area (Å²) >= 11 is 0. The minimum atomic E-state index is 0.719. The number of benzene rings is 1. The molecule has 1 aromatic carbocycles. The second-order valence-corrected chi connectivity index (χ2v) is 4.93. The molecule has 3 heteroatoms. The second-order valence-electron chi connectivity index (χ2n) is 4.93. The molecule has 3 nitrogen and oxygen atoms in total. The zero-order valence-electron chi connectivity index (χ0n) is 11.3. The number of para-hydroxylation sites is 2. The van der Waals surface area contributed by atoms with Gasteiger partial charge in [-0.05, 0) is 50.8 Å². The lowest BCUT2D eigenvalue weighted by atomic mass is 9.94. The molecule has 1 atom stereocenters. The molecule has 1 aliphatic heterocycles. The van der Waals surface area contributed by atoms with Crippen LogP contribution in [0.15, 0.2) is 24.3 Å². The molecule has 0 aliphatic carbocycles. The highest BCUT2D eigenvalue weighted by Crippen LogP contribution is 2.32. The fourth-order valence-corrected chi connectivity index (χ4v) is 2.75. The SMILES string of the molecule is CCOc1ccccc1N1CCCC(CCN)C1. The lowest BCUT2D eigenvalue weighted by Crippen LogP contribution is -2.36. The summed E-state index contributed by atoms with van der Waals surface area (Å²) in [6.45, 7) is 5.79. The Morgan fingerprint density at radius 2 is 2.22 bits per heavy atom. The highest BCUT2D eigenvalue weighted by atomic mass is 16.5. The van der Waals surface area contributed by atoms with Gasteiger partial charge >= 0.3 is 0 Å². The molecule has 100 valence electrons. The summed E-state index contributed by atoms with van der Waals surface area (Å²) in [6.07, 6.45) is 3.70. The molecule has 1 unspecified atom stereocenters. The van der Waals surface area contributed by atoms with E-state index in [0.717, 1.165) is 44.3 Å². The molecule has 2 rings (SSSR count). The zero-order chi connectivity index (χ0) is 12.8. The Labute approximate surface area is 110 Å². The van der Waals surface area contributed by atoms with Gasteiger partial charge in [0.1, 0.15) is 5.75 Å². The number of anilines is 1. The monoisotopic (exact) mass is 248 g/mol. The van der Waals surface area contributed by atoms with Crippen LogP contribution in [0.5, 0.6) is 5.75 Å². The fourth-order valence-electron chi connectivity index (χ4n) is 2.75. The molecule has 1 aliphatic rings. The van der Waals surface area contributed by atoms with Crippen LogP contribution in [0.4, 0.5) is 5.69 Å². The number of ether oxygens (including phenoxy) is 1. The summed E-state index contributed by atoms with van der Waals surface area (Å²) < 4.78 is 5.72. The van der Waals surface area contributed by atoms with Crippen LogP contribution in [-0.4, -0.2) is 26.2 Å². The number of nitrogens with two attached hydrogens (primary N) is 1. The molecule has 0 aromatic heterocycles. The van der Waals surface area contributed by atoms with Crippen LogP contribution in [0.2, 0.25) is 0 Å². The third-order valence-corrected chi connectivity index (χ3v) is 3.60. The topological polar surface area (TPSA) is 38.5 Å². The number of rotatable bonds is 5. The fraction of sp³-hybridized carbons (Fsp3) is 0.600. The Hall–Kier alpha value is -1.22. The quantitative estimate of drug-likeness (QED) is 0.870. The maximum atomic E-state index is 5.72. The summed E-state index contributed by atoms with van der Waals surface area (Å²) in [5, 5.41) is 0. The molecule has 2 N–H and O–H groups in total. The minimum absolute atomic E-state index is 0.719. The van der Waals surface area contributed by atoms with E-state index in [2.05, 4.69) is 23.1 Å². The summed E-state index contributed by atoms with van der Waals surface area (Å²) in [7, 11) is 0. The van der Waals surface area contributed by atoms with Crippen molar-refractivity contribution in [3.8, 4) is 5.75 Å². The summed E-state index contributed by atoms with van der Waals surface area (Å²) in [6, 6.07) is 8.35. The molecule has 0 spiro atoms. The number of hydrogen-bond donors (Lipinski definition) is 1. The van der Waals surface area contributed by atoms with Crippen molar-refractivity contribution in [1.82, 2.24) is 0 Å². The lowest BCUT2D eigenvalue weighted by molar-refractivity contribution is 0.336. The van der Waals surface area contributed by atoms with Crippen LogP contribution in [0.3, 0.4) is 0 Å². The summed E-state index contributed by atoms with van der Waals surface area (Å²) in [5.74, 6) is 1.74. The van der Waals surface area contributed by atoms with E-state index in [1.807, 2.05) is 13.0 Å². The standard InChI is InChI=1S/C15H24N2O/c1-2-18-15-8-4-3-7-14(15)17-11-5-6-13(12-17)9-10-16/h3-4,7-8,13H,2,5-6,9-12,16H2,1H3. The van der Waals surface area contributed by atoms with Crippen molar-refractivity contribution < 1.29 is 4.74 Å². The lowest BCUT2D eigenvalue weighted by Gasteiger charge is -2.35. The summed E-state index contributed by atoms with van der Waals surface area (Å²) in [4.78, 5) is 2.45. The maximum absolute atomic E-state index is 5.72. The van der Waals surface area contributed by atoms with E-state index in [1.165, 1.54) is 18.5 Å². The van der Waals surface area contributed by atoms with Gasteiger partial charge in [0.2, 0.25) is 0 Å². The Bertz CT molecular complexity index is 365. The average Bonchev–Trinajstić information content (AvgIpc) is 2.40. The first-order valence-electron chi connectivity index (χ1n) is 7.02. The predicted octanol–water partition coefficient (Wildman–Crippen LogP) is 2.65. The molecule has 0 radical (unpaired) electrons. The highest BCUT2D eigenvalue weighted by molar-refractivity contribution is 5.58. The smallest absolute Gasteiger partial charge is 0.142 e. The van der Waals surface area contributed by atoms with Crippen LogP contribution in [0.25, 0.3) is 0 Å². The molecule has 1 aromatic rings. The van der Waals surface area contributed by atoms with Crippen molar-refractivity contribution in [2.45, 2.75) is 26.2 Å². The molecule has 18 heavy (non-hydrogen) atoms. The molecular weight excluding hydrogens is 224 g/mol. The van der Waals surface area contributed by atoms with Crippen LogP contribution < -0.4 is 15.4 Å². The van der Waals surface area contributed by atoms with Gasteiger partial charge in [-0.1, -0.05) is 12.1 Å². The van der Waals surface area contributed by atoms with Gasteiger partial charge in [0.25, 0.3) is 0 Å². The molecular formula is C15H24N2O. The maximum Gasteiger partial charge on any atom is 0.142 e. The third kappa shape index (κ3) is 3.16. The van der Waals surface area contributed by atoms with Gasteiger partial charge in [-0.15, -0.1) is 0 Å². The van der Waals surface area contributed by atoms with E-state index >= 15 is 0 Å². The molecule has 0 amide bonds. The summed E-state index contributed by atoms with van der Waals surface area (Å²) in [5.41, 5.74) is 6.91. The predicted molar refractivity (Wildman–Crippen MR) is 76.2 cm³/mol. The van der Waals surface area contributed by atoms with Crippen LogP contribution in [-0.2, 0) is 0 Å². The minimum Gasteiger partial charge on any atom is -0.492 e. The van der Waals surface area contributed by atoms with Crippen LogP contribution >= 0.6 is 0 Å². The first kappa shape index (κ1) is 13.2. The molecule has 0 bridgehead atoms. The zero-order valence-corrected chi connectivity index (χ0v) is 11.3. The van der Waals surface area contributed by atoms with Crippen molar-refractivity contribution in [1.29, 1.82) is 0 Å². The first-order valence-corrected chi connectivity index (χ1v) is 7.02. The van der Waals surface area contributed by atoms with E-state index in [-0.39, 0.29) is 0 Å². The molecule has 0 saturated carbocycles. The van der Waals surface area contributed by atoms with Gasteiger partial charge in [0, 0.05) is 13.1 Å². The molecule has 1 saturated heterocycles. The second kappa shape index (κ2) is 6.64. The molecule has 1 heterocycles. The first-order chi connectivity index (χ1) is 8.85. The number of nitrogens with zero attached hydrogens (tertiary/aromatic N) is 1. The number of hydrogen-bond acceptors (Lipinski definition) is 3. The van der Waals surface area contributed by atoms with E-state index in [0.29, 0.717) is 0 Å². The van der Waals surface area contributed by atoms with Crippen molar-refractivity contribution in [3.63, 3.8) is 0 Å². The Morgan fingerprint density at radius 3 is 3.00 bits per heavy atom. The van der Waals surface area contributed by atoms with Crippen LogP contribution in [0, 0.1) is 5.92 Å². The van der Waals surface area contributed by atoms with Crippen LogP contribution in [0.1, 0.15) is 26.2 Å². The van der Waals surface area contributed by atoms with Crippen molar-refractivity contribution in [3.05, 3.63) is 24.3 Å². The van der Waals surface area contributed by atoms with E-state index in [4.69, 9.17) is 10.5 Å². The van der Waals surface area contributed by atoms with Gasteiger partial charge in [-0.3, -0.25) is 0 Å². The van der Waals surface area contributed by atoms with Gasteiger partial charge in [0.05, 0.1) is 12.3 Å². The van der Waals surface area contributed by atoms with Gasteiger partial charge < -0.3 is 15.4 Å². The van der Waals surface area contributed by atoms with Gasteiger partial charge in [0.15, 0.2) is 0 Å². The average molecular weight is 248 g/mol. The van der Waals surface area contributed by atoms with Crippen molar-refractivity contribution >= 4 is 5.69 Å². The number of piperidine rings is 1. The van der Waals surface area contributed by atoms with Crippen molar-refractivity contribution in [2.75, 3.05) is 31.1 Å². The Kier molecular flexibility index (Phi) is 4.88. The Balaban J connectivity index is 2.10. The van der Waals surface area contributed by atoms with Crippen molar-refractivity contribution in [2.24, 2.45) is 11.7 Å². The van der Waals surface area contributed by atoms with E-state index < -0.39 is 0 Å². The van der Waals surface area contributed by atoms with Gasteiger partial charge in [-0.2, -0.15) is 0 Å². The normalized spacial score (nSPS) is 19.9. The van der Waals surface area contributed by atoms with E-state index in [1.54, 1.807) is 0 Å². The molecule has 1 fully saturated rings.